The lowest BCUT2D eigenvalue weighted by Gasteiger charge is -2.20. The Kier molecular flexibility index (Phi) is 53.2. The van der Waals surface area contributed by atoms with Crippen LogP contribution in [-0.4, -0.2) is 49.9 Å². The molecule has 3 N–H and O–H groups in total. The Hall–Kier alpha value is -2.58. The minimum atomic E-state index is -4.30. The third-order valence-electron chi connectivity index (χ3n) is 11.5. The lowest BCUT2D eigenvalue weighted by atomic mass is 10.0. The second-order valence-corrected chi connectivity index (χ2v) is 19.5. The molecule has 9 heteroatoms. The summed E-state index contributed by atoms with van der Waals surface area (Å²) in [4.78, 5) is 22.7. The van der Waals surface area contributed by atoms with E-state index in [-0.39, 0.29) is 32.3 Å². The first-order chi connectivity index (χ1) is 33.4. The predicted octanol–water partition coefficient (Wildman–Crippen LogP) is 17.8. The molecule has 0 amide bonds. The zero-order chi connectivity index (χ0) is 49.4. The lowest BCUT2D eigenvalue weighted by Crippen LogP contribution is -2.28. The number of phosphoric acid groups is 1. The maximum Gasteiger partial charge on any atom is 0.472 e. The Morgan fingerprint density at radius 3 is 1.25 bits per heavy atom. The molecule has 0 aliphatic carbocycles. The maximum atomic E-state index is 12.7. The minimum Gasteiger partial charge on any atom is -0.457 e. The summed E-state index contributed by atoms with van der Waals surface area (Å²) in [5.41, 5.74) is 5.40. The van der Waals surface area contributed by atoms with Gasteiger partial charge in [0.05, 0.1) is 19.8 Å². The summed E-state index contributed by atoms with van der Waals surface area (Å²) in [5, 5.41) is 0. The van der Waals surface area contributed by atoms with Crippen LogP contribution in [0.15, 0.2) is 97.2 Å². The Bertz CT molecular complexity index is 1370. The van der Waals surface area contributed by atoms with Crippen molar-refractivity contribution in [3.63, 3.8) is 0 Å². The molecular weight excluding hydrogens is 866 g/mol. The van der Waals surface area contributed by atoms with E-state index in [1.807, 2.05) is 0 Å². The van der Waals surface area contributed by atoms with Crippen molar-refractivity contribution in [3.8, 4) is 0 Å². The van der Waals surface area contributed by atoms with E-state index in [4.69, 9.17) is 24.3 Å². The number of hydrogen-bond donors (Lipinski definition) is 2. The molecule has 8 nitrogen and oxygen atoms in total. The van der Waals surface area contributed by atoms with Crippen LogP contribution in [-0.2, 0) is 27.9 Å². The molecule has 0 aromatic carbocycles. The van der Waals surface area contributed by atoms with Crippen molar-refractivity contribution in [2.45, 2.75) is 238 Å². The Labute approximate surface area is 419 Å². The Morgan fingerprint density at radius 1 is 0.456 bits per heavy atom. The molecule has 0 radical (unpaired) electrons. The van der Waals surface area contributed by atoms with Crippen molar-refractivity contribution < 1.29 is 32.8 Å². The summed E-state index contributed by atoms with van der Waals surface area (Å²) in [7, 11) is -4.30. The van der Waals surface area contributed by atoms with Gasteiger partial charge in [-0.05, 0) is 96.3 Å². The fraction of sp³-hybridized carbons (Fsp3) is 0.712. The Morgan fingerprint density at radius 2 is 0.824 bits per heavy atom. The SMILES string of the molecule is CC/C=C\C/C=C\C/C=C\C/C=C\C/C=C\C/C=C\C/C=C\CCCCCCOCC(COP(=O)(O)OCCN)OC(=O)CCCCCCCCCCCCC/C=C\CCCCCCCCCC. The lowest BCUT2D eigenvalue weighted by molar-refractivity contribution is -0.154. The largest absolute Gasteiger partial charge is 0.472 e. The van der Waals surface area contributed by atoms with Gasteiger partial charge in [-0.1, -0.05) is 227 Å². The van der Waals surface area contributed by atoms with Crippen LogP contribution in [0.5, 0.6) is 0 Å². The summed E-state index contributed by atoms with van der Waals surface area (Å²) >= 11 is 0. The fourth-order valence-corrected chi connectivity index (χ4v) is 8.21. The van der Waals surface area contributed by atoms with E-state index in [2.05, 4.69) is 111 Å². The molecule has 2 unspecified atom stereocenters. The van der Waals surface area contributed by atoms with Crippen LogP contribution in [0, 0.1) is 0 Å². The first-order valence-corrected chi connectivity index (χ1v) is 29.2. The van der Waals surface area contributed by atoms with Gasteiger partial charge in [0, 0.05) is 19.6 Å². The number of hydrogen-bond acceptors (Lipinski definition) is 7. The minimum absolute atomic E-state index is 0.0911. The van der Waals surface area contributed by atoms with Gasteiger partial charge in [-0.3, -0.25) is 13.8 Å². The zero-order valence-electron chi connectivity index (χ0n) is 43.8. The normalized spacial score (nSPS) is 14.0. The number of ether oxygens (including phenoxy) is 2. The maximum absolute atomic E-state index is 12.7. The summed E-state index contributed by atoms with van der Waals surface area (Å²) < 4.78 is 33.6. The first kappa shape index (κ1) is 65.4. The number of carbonyl (C=O) groups excluding carboxylic acids is 1. The predicted molar refractivity (Wildman–Crippen MR) is 293 cm³/mol. The summed E-state index contributed by atoms with van der Waals surface area (Å²) in [6, 6.07) is 0. The number of esters is 1. The second kappa shape index (κ2) is 55.3. The van der Waals surface area contributed by atoms with Crippen molar-refractivity contribution in [3.05, 3.63) is 97.2 Å². The summed E-state index contributed by atoms with van der Waals surface area (Å²) in [6.45, 7) is 4.75. The number of allylic oxidation sites excluding steroid dienone is 16. The van der Waals surface area contributed by atoms with Crippen LogP contribution < -0.4 is 5.73 Å². The molecule has 0 aliphatic heterocycles. The van der Waals surface area contributed by atoms with Crippen molar-refractivity contribution >= 4 is 13.8 Å². The fourth-order valence-electron chi connectivity index (χ4n) is 7.44. The highest BCUT2D eigenvalue weighted by Gasteiger charge is 2.25. The van der Waals surface area contributed by atoms with Crippen LogP contribution in [0.1, 0.15) is 232 Å². The second-order valence-electron chi connectivity index (χ2n) is 18.1. The van der Waals surface area contributed by atoms with E-state index in [0.29, 0.717) is 13.0 Å². The van der Waals surface area contributed by atoms with Crippen LogP contribution >= 0.6 is 7.82 Å². The van der Waals surface area contributed by atoms with E-state index in [1.54, 1.807) is 0 Å². The van der Waals surface area contributed by atoms with Gasteiger partial charge in [0.1, 0.15) is 6.10 Å². The van der Waals surface area contributed by atoms with E-state index in [1.165, 1.54) is 116 Å². The third-order valence-corrected chi connectivity index (χ3v) is 12.5. The smallest absolute Gasteiger partial charge is 0.457 e. The van der Waals surface area contributed by atoms with E-state index in [9.17, 15) is 14.3 Å². The van der Waals surface area contributed by atoms with Gasteiger partial charge in [-0.15, -0.1) is 0 Å². The van der Waals surface area contributed by atoms with Gasteiger partial charge in [-0.25, -0.2) is 4.57 Å². The number of rotatable bonds is 52. The highest BCUT2D eigenvalue weighted by molar-refractivity contribution is 7.47. The quantitative estimate of drug-likeness (QED) is 0.0268. The van der Waals surface area contributed by atoms with E-state index < -0.39 is 13.9 Å². The van der Waals surface area contributed by atoms with Crippen molar-refractivity contribution in [1.29, 1.82) is 0 Å². The molecule has 0 aromatic heterocycles. The molecule has 392 valence electrons. The van der Waals surface area contributed by atoms with Crippen LogP contribution in [0.2, 0.25) is 0 Å². The topological polar surface area (TPSA) is 117 Å². The summed E-state index contributed by atoms with van der Waals surface area (Å²) in [5.74, 6) is -0.342. The molecule has 0 saturated carbocycles. The summed E-state index contributed by atoms with van der Waals surface area (Å²) in [6.07, 6.45) is 74.5. The molecular formula is C59H104NO7P. The number of nitrogens with two attached hydrogens (primary N) is 1. The van der Waals surface area contributed by atoms with E-state index >= 15 is 0 Å². The van der Waals surface area contributed by atoms with E-state index in [0.717, 1.165) is 96.3 Å². The van der Waals surface area contributed by atoms with Crippen LogP contribution in [0.4, 0.5) is 0 Å². The highest BCUT2D eigenvalue weighted by Crippen LogP contribution is 2.43. The molecule has 0 spiro atoms. The zero-order valence-corrected chi connectivity index (χ0v) is 44.7. The third kappa shape index (κ3) is 54.4. The van der Waals surface area contributed by atoms with Gasteiger partial charge >= 0.3 is 13.8 Å². The molecule has 0 aromatic rings. The van der Waals surface area contributed by atoms with Gasteiger partial charge in [-0.2, -0.15) is 0 Å². The Balaban J connectivity index is 4.00. The highest BCUT2D eigenvalue weighted by atomic mass is 31.2. The average Bonchev–Trinajstić information content (AvgIpc) is 3.33. The van der Waals surface area contributed by atoms with Crippen molar-refractivity contribution in [2.75, 3.05) is 33.0 Å². The van der Waals surface area contributed by atoms with Crippen LogP contribution in [0.3, 0.4) is 0 Å². The molecule has 2 atom stereocenters. The number of phosphoric ester groups is 1. The first-order valence-electron chi connectivity index (χ1n) is 27.7. The molecule has 0 bridgehead atoms. The van der Waals surface area contributed by atoms with Crippen molar-refractivity contribution in [1.82, 2.24) is 0 Å². The monoisotopic (exact) mass is 970 g/mol. The van der Waals surface area contributed by atoms with Gasteiger partial charge in [0.25, 0.3) is 0 Å². The number of unbranched alkanes of at least 4 members (excludes halogenated alkanes) is 23. The molecule has 0 saturated heterocycles. The van der Waals surface area contributed by atoms with Gasteiger partial charge in [0.15, 0.2) is 0 Å². The molecule has 68 heavy (non-hydrogen) atoms. The molecule has 0 aliphatic rings. The van der Waals surface area contributed by atoms with Crippen molar-refractivity contribution in [2.24, 2.45) is 5.73 Å². The molecule has 0 heterocycles. The van der Waals surface area contributed by atoms with Gasteiger partial charge < -0.3 is 20.1 Å². The molecule has 0 rings (SSSR count). The molecule has 0 fully saturated rings. The van der Waals surface area contributed by atoms with Gasteiger partial charge in [0.2, 0.25) is 0 Å². The standard InChI is InChI=1S/C59H104NO7P/c1-3-5-7-9-11-13-15-17-19-21-23-25-27-28-29-31-33-35-37-39-41-43-45-47-49-51-54-64-56-58(57-66-68(62,63)65-55-53-60)67-59(61)52-50-48-46-44-42-40-38-36-34-32-30-26-24-22-20-18-16-14-12-10-8-6-4-2/h5,7,11,13,17,19,22-25,28-29,33,35,39,41,58H,3-4,6,8-10,12,14-16,18,20-21,26-27,30-32,34,36-38,40,42-57,60H2,1-2H3,(H,62,63)/b7-5-,13-11-,19-17-,24-22-,25-23-,29-28-,35-33-,41-39-. The van der Waals surface area contributed by atoms with Crippen LogP contribution in [0.25, 0.3) is 0 Å². The number of carbonyl (C=O) groups is 1. The average molecular weight is 970 g/mol.